The smallest absolute Gasteiger partial charge is 0.434 e. The van der Waals surface area contributed by atoms with Gasteiger partial charge in [-0.25, -0.2) is 29.6 Å². The van der Waals surface area contributed by atoms with Gasteiger partial charge in [-0.1, -0.05) is 19.1 Å². The molecule has 1 saturated heterocycles. The van der Waals surface area contributed by atoms with Crippen molar-refractivity contribution in [2.75, 3.05) is 22.9 Å². The van der Waals surface area contributed by atoms with E-state index in [4.69, 9.17) is 4.74 Å². The van der Waals surface area contributed by atoms with Crippen LogP contribution < -0.4 is 19.9 Å². The standard InChI is InChI=1S/C37H38F3N7O5/c1-21-15-22-17-23(16-21)36(19-22,32(50)51)45-30(48)26-20-43-34(44-29(26)37(38,39)40)47-28-6-5-25(18-27(28)35(31(47)49)9-2-3-10-35)52-24-7-13-46(14-8-24)33-41-11-4-12-42-33/h2,4-6,9,11-12,18,20-24H,3,7-8,10,13-17,19H2,1H3,(H,45,48)(H,50,51). The fourth-order valence-electron chi connectivity index (χ4n) is 9.20. The van der Waals surface area contributed by atoms with Crippen LogP contribution in [0, 0.1) is 17.8 Å². The van der Waals surface area contributed by atoms with Crippen LogP contribution in [0.1, 0.15) is 79.9 Å². The number of amides is 2. The second-order valence-corrected chi connectivity index (χ2v) is 14.8. The number of aliphatic carboxylic acids is 1. The highest BCUT2D eigenvalue weighted by Crippen LogP contribution is 2.53. The number of aromatic nitrogens is 4. The number of fused-ring (bicyclic) bond motifs is 4. The summed E-state index contributed by atoms with van der Waals surface area (Å²) in [7, 11) is 0. The summed E-state index contributed by atoms with van der Waals surface area (Å²) < 4.78 is 50.4. The van der Waals surface area contributed by atoms with E-state index in [9.17, 15) is 32.7 Å². The number of allylic oxidation sites excluding steroid dienone is 1. The molecule has 2 saturated carbocycles. The largest absolute Gasteiger partial charge is 0.490 e. The van der Waals surface area contributed by atoms with E-state index in [1.54, 1.807) is 42.7 Å². The van der Waals surface area contributed by atoms with Crippen LogP contribution in [-0.4, -0.2) is 67.6 Å². The van der Waals surface area contributed by atoms with Gasteiger partial charge in [0.15, 0.2) is 5.69 Å². The molecule has 3 fully saturated rings. The summed E-state index contributed by atoms with van der Waals surface area (Å²) in [6.45, 7) is 3.41. The zero-order valence-corrected chi connectivity index (χ0v) is 28.5. The maximum atomic E-state index is 14.7. The van der Waals surface area contributed by atoms with E-state index < -0.39 is 58.0 Å². The van der Waals surface area contributed by atoms with Crippen molar-refractivity contribution >= 4 is 35.4 Å². The van der Waals surface area contributed by atoms with Gasteiger partial charge in [0.1, 0.15) is 17.4 Å². The molecule has 2 aromatic heterocycles. The van der Waals surface area contributed by atoms with E-state index in [0.29, 0.717) is 74.6 Å². The topological polar surface area (TPSA) is 151 Å². The number of nitrogens with zero attached hydrogens (tertiary/aromatic N) is 6. The van der Waals surface area contributed by atoms with Crippen molar-refractivity contribution in [2.24, 2.45) is 17.8 Å². The number of anilines is 3. The summed E-state index contributed by atoms with van der Waals surface area (Å²) in [5.74, 6) is -2.44. The number of alkyl halides is 3. The van der Waals surface area contributed by atoms with Crippen LogP contribution in [0.25, 0.3) is 0 Å². The van der Waals surface area contributed by atoms with Crippen molar-refractivity contribution in [2.45, 2.75) is 81.5 Å². The fraction of sp³-hybridized carbons (Fsp3) is 0.486. The Morgan fingerprint density at radius 1 is 1.06 bits per heavy atom. The van der Waals surface area contributed by atoms with Crippen LogP contribution in [0.5, 0.6) is 5.75 Å². The van der Waals surface area contributed by atoms with Crippen LogP contribution >= 0.6 is 0 Å². The van der Waals surface area contributed by atoms with Gasteiger partial charge in [0.25, 0.3) is 5.91 Å². The lowest BCUT2D eigenvalue weighted by atomic mass is 9.78. The molecule has 1 aromatic carbocycles. The first kappa shape index (κ1) is 34.0. The van der Waals surface area contributed by atoms with E-state index in [2.05, 4.69) is 30.2 Å². The van der Waals surface area contributed by atoms with Gasteiger partial charge in [-0.05, 0) is 86.1 Å². The Kier molecular flexibility index (Phi) is 8.21. The van der Waals surface area contributed by atoms with Gasteiger partial charge in [-0.3, -0.25) is 9.59 Å². The maximum absolute atomic E-state index is 14.7. The molecule has 12 nitrogen and oxygen atoms in total. The molecule has 4 heterocycles. The molecule has 2 bridgehead atoms. The van der Waals surface area contributed by atoms with Gasteiger partial charge in [0.05, 0.1) is 16.7 Å². The van der Waals surface area contributed by atoms with Crippen molar-refractivity contribution < 1.29 is 37.4 Å². The van der Waals surface area contributed by atoms with Gasteiger partial charge < -0.3 is 20.1 Å². The Morgan fingerprint density at radius 3 is 2.52 bits per heavy atom. The highest BCUT2D eigenvalue weighted by molar-refractivity contribution is 6.13. The van der Waals surface area contributed by atoms with Crippen molar-refractivity contribution in [1.29, 1.82) is 0 Å². The first-order valence-electron chi connectivity index (χ1n) is 17.7. The number of carbonyl (C=O) groups is 3. The third-order valence-corrected chi connectivity index (χ3v) is 11.5. The Labute approximate surface area is 297 Å². The summed E-state index contributed by atoms with van der Waals surface area (Å²) in [5, 5.41) is 12.7. The molecule has 272 valence electrons. The molecule has 15 heteroatoms. The Morgan fingerprint density at radius 2 is 1.83 bits per heavy atom. The minimum Gasteiger partial charge on any atom is -0.490 e. The molecule has 0 radical (unpaired) electrons. The summed E-state index contributed by atoms with van der Waals surface area (Å²) in [4.78, 5) is 60.2. The highest BCUT2D eigenvalue weighted by atomic mass is 19.4. The van der Waals surface area contributed by atoms with Crippen LogP contribution in [0.4, 0.5) is 30.8 Å². The summed E-state index contributed by atoms with van der Waals surface area (Å²) >= 11 is 0. The number of nitrogens with one attached hydrogen (secondary N) is 1. The molecule has 3 aromatic rings. The Hall–Kier alpha value is -5.08. The minimum absolute atomic E-state index is 0.0535. The predicted octanol–water partition coefficient (Wildman–Crippen LogP) is 5.61. The Bertz CT molecular complexity index is 1950. The summed E-state index contributed by atoms with van der Waals surface area (Å²) in [6, 6.07) is 6.84. The summed E-state index contributed by atoms with van der Waals surface area (Å²) in [6.07, 6.45) is 7.05. The van der Waals surface area contributed by atoms with Gasteiger partial charge in [0.2, 0.25) is 17.8 Å². The van der Waals surface area contributed by atoms with Gasteiger partial charge in [-0.2, -0.15) is 13.2 Å². The molecule has 5 atom stereocenters. The van der Waals surface area contributed by atoms with Gasteiger partial charge in [-0.15, -0.1) is 0 Å². The quantitative estimate of drug-likeness (QED) is 0.295. The van der Waals surface area contributed by atoms with Crippen molar-refractivity contribution in [3.63, 3.8) is 0 Å². The third kappa shape index (κ3) is 5.64. The molecule has 2 N–H and O–H groups in total. The minimum atomic E-state index is -5.11. The Balaban J connectivity index is 1.08. The van der Waals surface area contributed by atoms with Crippen LogP contribution in [0.15, 0.2) is 55.0 Å². The molecule has 2 aliphatic heterocycles. The number of halogens is 3. The SMILES string of the molecule is CC1CC2CC(C1)C(NC(=O)c1cnc(N3C(=O)C4(C=CCC4)c4cc(OC5CCN(c6ncccn6)CC5)ccc43)nc1C(F)(F)F)(C(=O)O)C2. The molecule has 5 aliphatic rings. The average molecular weight is 718 g/mol. The number of hydrogen-bond donors (Lipinski definition) is 2. The lowest BCUT2D eigenvalue weighted by Gasteiger charge is -2.33. The van der Waals surface area contributed by atoms with E-state index in [1.165, 1.54) is 0 Å². The second-order valence-electron chi connectivity index (χ2n) is 14.8. The molecule has 8 rings (SSSR count). The third-order valence-electron chi connectivity index (χ3n) is 11.5. The molecule has 3 aliphatic carbocycles. The number of carbonyl (C=O) groups excluding carboxylic acids is 2. The average Bonchev–Trinajstić information content (AvgIpc) is 3.78. The second kappa shape index (κ2) is 12.6. The number of carboxylic acid groups (broad SMARTS) is 1. The fourth-order valence-corrected chi connectivity index (χ4v) is 9.20. The monoisotopic (exact) mass is 717 g/mol. The molecule has 1 spiro atoms. The van der Waals surface area contributed by atoms with Crippen molar-refractivity contribution in [3.8, 4) is 5.75 Å². The van der Waals surface area contributed by atoms with Crippen molar-refractivity contribution in [1.82, 2.24) is 25.3 Å². The lowest BCUT2D eigenvalue weighted by molar-refractivity contribution is -0.146. The zero-order valence-electron chi connectivity index (χ0n) is 28.5. The van der Waals surface area contributed by atoms with Crippen molar-refractivity contribution in [3.05, 3.63) is 71.8 Å². The number of ether oxygens (including phenoxy) is 1. The maximum Gasteiger partial charge on any atom is 0.434 e. The van der Waals surface area contributed by atoms with E-state index in [1.807, 2.05) is 13.0 Å². The normalized spacial score (nSPS) is 28.4. The predicted molar refractivity (Wildman–Crippen MR) is 181 cm³/mol. The van der Waals surface area contributed by atoms with E-state index in [-0.39, 0.29) is 24.4 Å². The molecule has 52 heavy (non-hydrogen) atoms. The zero-order chi connectivity index (χ0) is 36.4. The number of carboxylic acids is 1. The van der Waals surface area contributed by atoms with Gasteiger partial charge in [0, 0.05) is 44.5 Å². The van der Waals surface area contributed by atoms with E-state index >= 15 is 0 Å². The molecule has 2 amide bonds. The van der Waals surface area contributed by atoms with Gasteiger partial charge >= 0.3 is 12.1 Å². The molecule has 5 unspecified atom stereocenters. The van der Waals surface area contributed by atoms with Crippen LogP contribution in [-0.2, 0) is 21.2 Å². The number of hydrogen-bond acceptors (Lipinski definition) is 9. The highest BCUT2D eigenvalue weighted by Gasteiger charge is 2.57. The first-order valence-corrected chi connectivity index (χ1v) is 17.7. The molecular weight excluding hydrogens is 679 g/mol. The van der Waals surface area contributed by atoms with E-state index in [0.717, 1.165) is 17.5 Å². The molecular formula is C37H38F3N7O5. The number of rotatable bonds is 7. The summed E-state index contributed by atoms with van der Waals surface area (Å²) in [5.41, 5.74) is -4.39. The first-order chi connectivity index (χ1) is 24.9. The van der Waals surface area contributed by atoms with Crippen LogP contribution in [0.3, 0.4) is 0 Å². The number of piperidine rings is 1. The number of benzene rings is 1. The van der Waals surface area contributed by atoms with Crippen LogP contribution in [0.2, 0.25) is 0 Å². The lowest BCUT2D eigenvalue weighted by Crippen LogP contribution is -2.57.